The quantitative estimate of drug-likeness (QED) is 0.680. The van der Waals surface area contributed by atoms with Gasteiger partial charge in [0.25, 0.3) is 11.6 Å². The van der Waals surface area contributed by atoms with Gasteiger partial charge >= 0.3 is 0 Å². The zero-order chi connectivity index (χ0) is 16.1. The molecule has 0 atom stereocenters. The molecule has 1 amide bonds. The Bertz CT molecular complexity index is 664. The average Bonchev–Trinajstić information content (AvgIpc) is 2.53. The van der Waals surface area contributed by atoms with E-state index in [9.17, 15) is 14.9 Å². The molecule has 0 radical (unpaired) electrons. The van der Waals surface area contributed by atoms with Crippen molar-refractivity contribution in [1.82, 2.24) is 5.32 Å². The minimum absolute atomic E-state index is 0.0316. The summed E-state index contributed by atoms with van der Waals surface area (Å²) in [5, 5.41) is 13.4. The Morgan fingerprint density at radius 2 is 1.68 bits per heavy atom. The molecule has 0 aromatic heterocycles. The Labute approximate surface area is 128 Å². The van der Waals surface area contributed by atoms with Crippen LogP contribution < -0.4 is 10.2 Å². The third-order valence-electron chi connectivity index (χ3n) is 3.25. The van der Waals surface area contributed by atoms with E-state index in [0.717, 1.165) is 11.3 Å². The third kappa shape index (κ3) is 3.82. The molecule has 0 unspecified atom stereocenters. The summed E-state index contributed by atoms with van der Waals surface area (Å²) in [6, 6.07) is 13.4. The molecule has 2 aromatic rings. The fourth-order valence-electron chi connectivity index (χ4n) is 1.93. The smallest absolute Gasteiger partial charge is 0.269 e. The lowest BCUT2D eigenvalue weighted by Crippen LogP contribution is -2.22. The molecule has 0 heterocycles. The number of non-ortho nitro benzene ring substituents is 1. The summed E-state index contributed by atoms with van der Waals surface area (Å²) in [6.07, 6.45) is 0. The monoisotopic (exact) mass is 299 g/mol. The maximum absolute atomic E-state index is 12.0. The second kappa shape index (κ2) is 6.71. The first kappa shape index (κ1) is 15.5. The summed E-state index contributed by atoms with van der Waals surface area (Å²) in [4.78, 5) is 24.1. The lowest BCUT2D eigenvalue weighted by Gasteiger charge is -2.13. The van der Waals surface area contributed by atoms with E-state index < -0.39 is 4.92 Å². The maximum atomic E-state index is 12.0. The van der Waals surface area contributed by atoms with Crippen molar-refractivity contribution in [2.24, 2.45) is 0 Å². The molecule has 0 saturated heterocycles. The number of nitrogens with one attached hydrogen (secondary N) is 1. The molecule has 114 valence electrons. The van der Waals surface area contributed by atoms with Gasteiger partial charge in [0.2, 0.25) is 0 Å². The SMILES string of the molecule is CN(C)c1ccc(CNC(=O)c2ccc([N+](=O)[O-])cc2)cc1. The molecule has 0 bridgehead atoms. The van der Waals surface area contributed by atoms with E-state index in [2.05, 4.69) is 5.32 Å². The zero-order valence-corrected chi connectivity index (χ0v) is 12.4. The van der Waals surface area contributed by atoms with Crippen LogP contribution in [0.4, 0.5) is 11.4 Å². The van der Waals surface area contributed by atoms with Crippen LogP contribution in [0.3, 0.4) is 0 Å². The van der Waals surface area contributed by atoms with Crippen LogP contribution in [0.5, 0.6) is 0 Å². The van der Waals surface area contributed by atoms with Gasteiger partial charge in [-0.3, -0.25) is 14.9 Å². The molecule has 0 spiro atoms. The van der Waals surface area contributed by atoms with Crippen molar-refractivity contribution in [3.05, 3.63) is 69.8 Å². The van der Waals surface area contributed by atoms with Gasteiger partial charge in [0.1, 0.15) is 0 Å². The number of carbonyl (C=O) groups excluding carboxylic acids is 1. The van der Waals surface area contributed by atoms with Crippen LogP contribution in [0.1, 0.15) is 15.9 Å². The Hall–Kier alpha value is -2.89. The van der Waals surface area contributed by atoms with Crippen LogP contribution in [0, 0.1) is 10.1 Å². The zero-order valence-electron chi connectivity index (χ0n) is 12.4. The molecule has 1 N–H and O–H groups in total. The van der Waals surface area contributed by atoms with Crippen LogP contribution in [-0.2, 0) is 6.54 Å². The van der Waals surface area contributed by atoms with Crippen LogP contribution in [0.15, 0.2) is 48.5 Å². The third-order valence-corrected chi connectivity index (χ3v) is 3.25. The Morgan fingerprint density at radius 1 is 1.09 bits per heavy atom. The van der Waals surface area contributed by atoms with Crippen molar-refractivity contribution in [3.63, 3.8) is 0 Å². The number of rotatable bonds is 5. The molecule has 22 heavy (non-hydrogen) atoms. The van der Waals surface area contributed by atoms with Crippen LogP contribution in [0.25, 0.3) is 0 Å². The van der Waals surface area contributed by atoms with Gasteiger partial charge in [-0.05, 0) is 29.8 Å². The van der Waals surface area contributed by atoms with Crippen molar-refractivity contribution >= 4 is 17.3 Å². The molecular formula is C16H17N3O3. The number of hydrogen-bond acceptors (Lipinski definition) is 4. The molecule has 2 rings (SSSR count). The van der Waals surface area contributed by atoms with Gasteiger partial charge in [-0.15, -0.1) is 0 Å². The topological polar surface area (TPSA) is 75.5 Å². The van der Waals surface area contributed by atoms with Crippen molar-refractivity contribution in [3.8, 4) is 0 Å². The number of carbonyl (C=O) groups is 1. The molecule has 0 aliphatic heterocycles. The van der Waals surface area contributed by atoms with Gasteiger partial charge in [-0.25, -0.2) is 0 Å². The van der Waals surface area contributed by atoms with Gasteiger partial charge in [-0.1, -0.05) is 12.1 Å². The fourth-order valence-corrected chi connectivity index (χ4v) is 1.93. The summed E-state index contributed by atoms with van der Waals surface area (Å²) < 4.78 is 0. The molecule has 0 saturated carbocycles. The molecule has 0 aliphatic rings. The van der Waals surface area contributed by atoms with Gasteiger partial charge in [-0.2, -0.15) is 0 Å². The first-order chi connectivity index (χ1) is 10.5. The van der Waals surface area contributed by atoms with Crippen molar-refractivity contribution in [2.45, 2.75) is 6.54 Å². The fraction of sp³-hybridized carbons (Fsp3) is 0.188. The van der Waals surface area contributed by atoms with E-state index in [-0.39, 0.29) is 11.6 Å². The lowest BCUT2D eigenvalue weighted by molar-refractivity contribution is -0.384. The van der Waals surface area contributed by atoms with Gasteiger partial charge < -0.3 is 10.2 Å². The van der Waals surface area contributed by atoms with Gasteiger partial charge in [0.05, 0.1) is 4.92 Å². The van der Waals surface area contributed by atoms with Crippen LogP contribution >= 0.6 is 0 Å². The highest BCUT2D eigenvalue weighted by molar-refractivity contribution is 5.94. The largest absolute Gasteiger partial charge is 0.378 e. The van der Waals surface area contributed by atoms with Crippen LogP contribution in [-0.4, -0.2) is 24.9 Å². The summed E-state index contributed by atoms with van der Waals surface area (Å²) >= 11 is 0. The predicted octanol–water partition coefficient (Wildman–Crippen LogP) is 2.59. The summed E-state index contributed by atoms with van der Waals surface area (Å²) in [6.45, 7) is 0.406. The van der Waals surface area contributed by atoms with E-state index in [1.807, 2.05) is 43.3 Å². The number of benzene rings is 2. The predicted molar refractivity (Wildman–Crippen MR) is 85.0 cm³/mol. The molecule has 0 aliphatic carbocycles. The van der Waals surface area contributed by atoms with Crippen molar-refractivity contribution in [1.29, 1.82) is 0 Å². The Balaban J connectivity index is 1.96. The maximum Gasteiger partial charge on any atom is 0.269 e. The standard InChI is InChI=1S/C16H17N3O3/c1-18(2)14-7-3-12(4-8-14)11-17-16(20)13-5-9-15(10-6-13)19(21)22/h3-10H,11H2,1-2H3,(H,17,20). The molecule has 6 heteroatoms. The van der Waals surface area contributed by atoms with E-state index in [1.54, 1.807) is 0 Å². The van der Waals surface area contributed by atoms with Crippen molar-refractivity contribution < 1.29 is 9.72 Å². The molecule has 0 fully saturated rings. The Kier molecular flexibility index (Phi) is 4.73. The minimum Gasteiger partial charge on any atom is -0.378 e. The number of amides is 1. The lowest BCUT2D eigenvalue weighted by atomic mass is 10.1. The highest BCUT2D eigenvalue weighted by Gasteiger charge is 2.09. The van der Waals surface area contributed by atoms with Crippen molar-refractivity contribution in [2.75, 3.05) is 19.0 Å². The van der Waals surface area contributed by atoms with E-state index in [0.29, 0.717) is 12.1 Å². The average molecular weight is 299 g/mol. The number of nitro groups is 1. The number of hydrogen-bond donors (Lipinski definition) is 1. The first-order valence-electron chi connectivity index (χ1n) is 6.76. The van der Waals surface area contributed by atoms with E-state index in [4.69, 9.17) is 0 Å². The summed E-state index contributed by atoms with van der Waals surface area (Å²) in [5.74, 6) is -0.258. The summed E-state index contributed by atoms with van der Waals surface area (Å²) in [5.41, 5.74) is 2.44. The number of nitrogens with zero attached hydrogens (tertiary/aromatic N) is 2. The minimum atomic E-state index is -0.492. The highest BCUT2D eigenvalue weighted by Crippen LogP contribution is 2.13. The summed E-state index contributed by atoms with van der Waals surface area (Å²) in [7, 11) is 3.93. The molecule has 2 aromatic carbocycles. The number of nitro benzene ring substituents is 1. The van der Waals surface area contributed by atoms with Gasteiger partial charge in [0, 0.05) is 44.0 Å². The normalized spacial score (nSPS) is 10.1. The number of anilines is 1. The van der Waals surface area contributed by atoms with E-state index in [1.165, 1.54) is 24.3 Å². The second-order valence-electron chi connectivity index (χ2n) is 5.05. The highest BCUT2D eigenvalue weighted by atomic mass is 16.6. The molecule has 6 nitrogen and oxygen atoms in total. The van der Waals surface area contributed by atoms with Gasteiger partial charge in [0.15, 0.2) is 0 Å². The Morgan fingerprint density at radius 3 is 2.18 bits per heavy atom. The van der Waals surface area contributed by atoms with Crippen LogP contribution in [0.2, 0.25) is 0 Å². The first-order valence-corrected chi connectivity index (χ1v) is 6.76. The van der Waals surface area contributed by atoms with E-state index >= 15 is 0 Å². The second-order valence-corrected chi connectivity index (χ2v) is 5.05. The molecular weight excluding hydrogens is 282 g/mol.